The summed E-state index contributed by atoms with van der Waals surface area (Å²) in [5.74, 6) is -2.01. The third-order valence-corrected chi connectivity index (χ3v) is 7.00. The fourth-order valence-corrected chi connectivity index (χ4v) is 5.40. The van der Waals surface area contributed by atoms with E-state index in [9.17, 15) is 19.5 Å². The smallest absolute Gasteiger partial charge is 0.352 e. The minimum atomic E-state index is -1.21. The molecule has 164 valence electrons. The second-order valence-corrected chi connectivity index (χ2v) is 11.6. The molecule has 3 aliphatic rings. The van der Waals surface area contributed by atoms with Gasteiger partial charge in [-0.2, -0.15) is 0 Å². The minimum Gasteiger partial charge on any atom is -0.477 e. The number of hydrogen-bond acceptors (Lipinski definition) is 9. The Morgan fingerprint density at radius 2 is 2.16 bits per heavy atom. The maximum Gasteiger partial charge on any atom is 0.352 e. The number of carboxylic acid groups (broad SMARTS) is 1. The Labute approximate surface area is 201 Å². The van der Waals surface area contributed by atoms with E-state index in [-0.39, 0.29) is 28.3 Å². The fraction of sp³-hybridized carbons (Fsp3) is 0.353. The number of thiazole rings is 1. The number of anilines is 1. The summed E-state index contributed by atoms with van der Waals surface area (Å²) >= 11 is 8.93. The van der Waals surface area contributed by atoms with Crippen molar-refractivity contribution in [1.82, 2.24) is 15.2 Å². The molecule has 2 fully saturated rings. The Balaban J connectivity index is 1.54. The number of carbonyl (C=O) groups is 3. The maximum atomic E-state index is 12.9. The second-order valence-electron chi connectivity index (χ2n) is 6.79. The average molecular weight is 593 g/mol. The topological polar surface area (TPSA) is 147 Å². The predicted octanol–water partition coefficient (Wildman–Crippen LogP) is 1.98. The Bertz CT molecular complexity index is 1050. The third-order valence-electron chi connectivity index (χ3n) is 4.57. The summed E-state index contributed by atoms with van der Waals surface area (Å²) in [6.07, 6.45) is 3.28. The zero-order valence-corrected chi connectivity index (χ0v) is 20.4. The molecule has 31 heavy (non-hydrogen) atoms. The molecule has 1 aromatic rings. The Kier molecular flexibility index (Phi) is 6.42. The number of halogens is 2. The molecule has 1 saturated carbocycles. The summed E-state index contributed by atoms with van der Waals surface area (Å²) in [5, 5.41) is 17.5. The summed E-state index contributed by atoms with van der Waals surface area (Å²) in [6, 6.07) is -0.896. The van der Waals surface area contributed by atoms with Crippen molar-refractivity contribution in [3.63, 3.8) is 0 Å². The molecule has 0 unspecified atom stereocenters. The Morgan fingerprint density at radius 3 is 2.74 bits per heavy atom. The molecule has 3 heterocycles. The number of nitrogens with one attached hydrogen (secondary N) is 1. The van der Waals surface area contributed by atoms with E-state index in [4.69, 9.17) is 10.6 Å². The quantitative estimate of drug-likeness (QED) is 0.247. The average Bonchev–Trinajstić information content (AvgIpc) is 3.44. The molecule has 4 N–H and O–H groups in total. The fourth-order valence-electron chi connectivity index (χ4n) is 3.00. The Morgan fingerprint density at radius 1 is 1.42 bits per heavy atom. The molecular formula is C17H15Br2N5O5S2. The highest BCUT2D eigenvalue weighted by Gasteiger charge is 2.54. The highest BCUT2D eigenvalue weighted by Crippen LogP contribution is 2.41. The monoisotopic (exact) mass is 591 g/mol. The number of carboxylic acids is 1. The van der Waals surface area contributed by atoms with Crippen LogP contribution >= 0.6 is 55.0 Å². The number of nitrogen functional groups attached to an aromatic ring is 1. The first-order valence-corrected chi connectivity index (χ1v) is 12.5. The summed E-state index contributed by atoms with van der Waals surface area (Å²) in [5.41, 5.74) is 6.22. The third kappa shape index (κ3) is 4.66. The van der Waals surface area contributed by atoms with Crippen molar-refractivity contribution in [1.29, 1.82) is 0 Å². The molecule has 1 saturated heterocycles. The van der Waals surface area contributed by atoms with Gasteiger partial charge in [0.25, 0.3) is 11.8 Å². The highest BCUT2D eigenvalue weighted by atomic mass is 79.9. The number of hydrogen-bond donors (Lipinski definition) is 3. The molecule has 4 rings (SSSR count). The number of carbonyl (C=O) groups excluding carboxylic acids is 2. The molecule has 2 atom stereocenters. The molecular weight excluding hydrogens is 578 g/mol. The summed E-state index contributed by atoms with van der Waals surface area (Å²) in [6.45, 7) is 0. The van der Waals surface area contributed by atoms with Gasteiger partial charge in [-0.25, -0.2) is 9.78 Å². The molecule has 1 aliphatic carbocycles. The van der Waals surface area contributed by atoms with Gasteiger partial charge in [0, 0.05) is 11.1 Å². The standard InChI is InChI=1S/C17H15Br2N5O5S2/c18-9(19)3-6-4-30-15-11(14(26)24(15)12(6)16(27)28)22-13(25)10(23-29-7-1-2-7)8-5-31-17(20)21-8/h3,5,7,11,15H,1-2,4H2,(H2,20,21)(H,22,25)(H,27,28)/t11-,15+/m1/s1. The van der Waals surface area contributed by atoms with Gasteiger partial charge >= 0.3 is 5.97 Å². The highest BCUT2D eigenvalue weighted by molar-refractivity contribution is 9.28. The number of allylic oxidation sites excluding steroid dienone is 1. The maximum absolute atomic E-state index is 12.9. The van der Waals surface area contributed by atoms with Gasteiger partial charge in [-0.15, -0.1) is 23.1 Å². The number of fused-ring (bicyclic) bond motifs is 1. The zero-order valence-electron chi connectivity index (χ0n) is 15.6. The van der Waals surface area contributed by atoms with Gasteiger partial charge in [0.2, 0.25) is 0 Å². The van der Waals surface area contributed by atoms with Crippen LogP contribution in [0.3, 0.4) is 0 Å². The number of aliphatic carboxylic acids is 1. The molecule has 0 spiro atoms. The number of aromatic nitrogens is 1. The van der Waals surface area contributed by atoms with Crippen LogP contribution in [0.2, 0.25) is 0 Å². The van der Waals surface area contributed by atoms with Crippen molar-refractivity contribution < 1.29 is 24.3 Å². The van der Waals surface area contributed by atoms with Crippen molar-refractivity contribution in [2.45, 2.75) is 30.4 Å². The van der Waals surface area contributed by atoms with Gasteiger partial charge < -0.3 is 21.0 Å². The van der Waals surface area contributed by atoms with Crippen LogP contribution in [-0.2, 0) is 19.2 Å². The molecule has 1 aromatic heterocycles. The molecule has 14 heteroatoms. The molecule has 2 amide bonds. The lowest BCUT2D eigenvalue weighted by Gasteiger charge is -2.49. The van der Waals surface area contributed by atoms with Gasteiger partial charge in [0.05, 0.1) is 3.39 Å². The lowest BCUT2D eigenvalue weighted by Crippen LogP contribution is -2.71. The first-order chi connectivity index (χ1) is 14.8. The van der Waals surface area contributed by atoms with Crippen molar-refractivity contribution >= 4 is 83.6 Å². The van der Waals surface area contributed by atoms with Gasteiger partial charge in [-0.1, -0.05) is 5.16 Å². The number of thioether (sulfide) groups is 1. The number of β-lactam (4-membered cyclic amide) rings is 1. The molecule has 0 bridgehead atoms. The van der Waals surface area contributed by atoms with Gasteiger partial charge in [-0.05, 0) is 56.4 Å². The summed E-state index contributed by atoms with van der Waals surface area (Å²) < 4.78 is 0.560. The molecule has 2 aliphatic heterocycles. The van der Waals surface area contributed by atoms with Crippen molar-refractivity contribution in [2.75, 3.05) is 11.5 Å². The van der Waals surface area contributed by atoms with E-state index in [0.29, 0.717) is 14.7 Å². The normalized spacial score (nSPS) is 23.1. The molecule has 10 nitrogen and oxygen atoms in total. The van der Waals surface area contributed by atoms with Crippen LogP contribution in [-0.4, -0.2) is 61.8 Å². The van der Waals surface area contributed by atoms with E-state index in [1.54, 1.807) is 11.5 Å². The van der Waals surface area contributed by atoms with Crippen LogP contribution in [0.1, 0.15) is 18.5 Å². The SMILES string of the molecule is Nc1nc(C(=NOC2CC2)C(=O)N[C@@H]2C(=O)N3C(C(=O)O)=C(C=C(Br)Br)CS[C@@H]23)cs1. The molecule has 0 radical (unpaired) electrons. The summed E-state index contributed by atoms with van der Waals surface area (Å²) in [7, 11) is 0. The van der Waals surface area contributed by atoms with Crippen LogP contribution < -0.4 is 11.1 Å². The zero-order chi connectivity index (χ0) is 22.3. The van der Waals surface area contributed by atoms with Crippen molar-refractivity contribution in [3.05, 3.63) is 31.8 Å². The second kappa shape index (κ2) is 8.92. The van der Waals surface area contributed by atoms with Crippen LogP contribution in [0.25, 0.3) is 0 Å². The number of rotatable bonds is 7. The van der Waals surface area contributed by atoms with Gasteiger partial charge in [-0.3, -0.25) is 14.5 Å². The van der Waals surface area contributed by atoms with Crippen LogP contribution in [0.5, 0.6) is 0 Å². The van der Waals surface area contributed by atoms with Gasteiger partial charge in [0.15, 0.2) is 10.8 Å². The first kappa shape index (κ1) is 22.3. The van der Waals surface area contributed by atoms with Crippen molar-refractivity contribution in [3.8, 4) is 0 Å². The first-order valence-electron chi connectivity index (χ1n) is 8.96. The minimum absolute atomic E-state index is 0.0306. The summed E-state index contributed by atoms with van der Waals surface area (Å²) in [4.78, 5) is 48.1. The number of amides is 2. The molecule has 0 aromatic carbocycles. The van der Waals surface area contributed by atoms with Crippen molar-refractivity contribution in [2.24, 2.45) is 5.16 Å². The lowest BCUT2D eigenvalue weighted by atomic mass is 10.0. The number of oxime groups is 1. The van der Waals surface area contributed by atoms with Gasteiger partial charge in [0.1, 0.15) is 28.9 Å². The largest absolute Gasteiger partial charge is 0.477 e. The van der Waals surface area contributed by atoms with E-state index in [0.717, 1.165) is 24.2 Å². The van der Waals surface area contributed by atoms with E-state index in [1.807, 2.05) is 0 Å². The van der Waals surface area contributed by atoms with E-state index in [1.165, 1.54) is 16.7 Å². The van der Waals surface area contributed by atoms with Crippen LogP contribution in [0.15, 0.2) is 31.3 Å². The van der Waals surface area contributed by atoms with E-state index < -0.39 is 29.2 Å². The number of nitrogens with two attached hydrogens (primary N) is 1. The Hall–Kier alpha value is -1.90. The number of nitrogens with zero attached hydrogens (tertiary/aromatic N) is 3. The van der Waals surface area contributed by atoms with Crippen LogP contribution in [0, 0.1) is 0 Å². The van der Waals surface area contributed by atoms with E-state index in [2.05, 4.69) is 47.3 Å². The van der Waals surface area contributed by atoms with Crippen LogP contribution in [0.4, 0.5) is 5.13 Å². The predicted molar refractivity (Wildman–Crippen MR) is 123 cm³/mol. The van der Waals surface area contributed by atoms with E-state index >= 15 is 0 Å². The lowest BCUT2D eigenvalue weighted by molar-refractivity contribution is -0.150.